The fourth-order valence-corrected chi connectivity index (χ4v) is 3.05. The minimum absolute atomic E-state index is 0.0240. The Hall–Kier alpha value is -2.95. The maximum absolute atomic E-state index is 13.1. The van der Waals surface area contributed by atoms with Crippen LogP contribution in [0.15, 0.2) is 30.6 Å². The van der Waals surface area contributed by atoms with Crippen LogP contribution in [0.1, 0.15) is 11.1 Å². The van der Waals surface area contributed by atoms with Gasteiger partial charge in [-0.2, -0.15) is 13.2 Å². The highest BCUT2D eigenvalue weighted by Gasteiger charge is 2.33. The predicted molar refractivity (Wildman–Crippen MR) is 97.2 cm³/mol. The van der Waals surface area contributed by atoms with Gasteiger partial charge in [-0.3, -0.25) is 10.1 Å². The first-order valence-corrected chi connectivity index (χ1v) is 8.59. The predicted octanol–water partition coefficient (Wildman–Crippen LogP) is 2.77. The Morgan fingerprint density at radius 3 is 2.50 bits per heavy atom. The van der Waals surface area contributed by atoms with Gasteiger partial charge in [0.2, 0.25) is 11.6 Å². The molecule has 0 amide bonds. The van der Waals surface area contributed by atoms with E-state index < -0.39 is 16.7 Å². The molecule has 1 aromatic carbocycles. The van der Waals surface area contributed by atoms with Crippen molar-refractivity contribution in [3.8, 4) is 0 Å². The van der Waals surface area contributed by atoms with E-state index >= 15 is 0 Å². The highest BCUT2D eigenvalue weighted by Crippen LogP contribution is 2.34. The Morgan fingerprint density at radius 1 is 1.18 bits per heavy atom. The van der Waals surface area contributed by atoms with Crippen molar-refractivity contribution in [1.82, 2.24) is 14.9 Å². The second kappa shape index (κ2) is 7.97. The maximum atomic E-state index is 13.1. The lowest BCUT2D eigenvalue weighted by Crippen LogP contribution is -2.45. The molecule has 150 valence electrons. The average molecular weight is 396 g/mol. The van der Waals surface area contributed by atoms with Crippen molar-refractivity contribution in [2.24, 2.45) is 0 Å². The van der Waals surface area contributed by atoms with Crippen molar-refractivity contribution in [2.75, 3.05) is 43.4 Å². The van der Waals surface area contributed by atoms with Crippen molar-refractivity contribution in [3.05, 3.63) is 51.8 Å². The Balaban J connectivity index is 1.87. The molecule has 2 aromatic rings. The molecule has 11 heteroatoms. The largest absolute Gasteiger partial charge is 0.416 e. The van der Waals surface area contributed by atoms with Crippen LogP contribution in [0.4, 0.5) is 30.5 Å². The first-order chi connectivity index (χ1) is 13.3. The van der Waals surface area contributed by atoms with Gasteiger partial charge in [-0.25, -0.2) is 9.97 Å². The quantitative estimate of drug-likeness (QED) is 0.614. The van der Waals surface area contributed by atoms with E-state index in [9.17, 15) is 23.3 Å². The summed E-state index contributed by atoms with van der Waals surface area (Å²) in [5.41, 5.74) is -1.15. The minimum Gasteiger partial charge on any atom is -0.360 e. The Labute approximate surface area is 159 Å². The van der Waals surface area contributed by atoms with Crippen LogP contribution in [0.3, 0.4) is 0 Å². The zero-order chi connectivity index (χ0) is 20.3. The van der Waals surface area contributed by atoms with E-state index in [4.69, 9.17) is 0 Å². The highest BCUT2D eigenvalue weighted by atomic mass is 19.4. The third-order valence-electron chi connectivity index (χ3n) is 4.56. The van der Waals surface area contributed by atoms with Gasteiger partial charge in [0.15, 0.2) is 0 Å². The fourth-order valence-electron chi connectivity index (χ4n) is 3.05. The molecule has 2 heterocycles. The molecule has 0 spiro atoms. The number of halogens is 3. The summed E-state index contributed by atoms with van der Waals surface area (Å²) in [4.78, 5) is 22.9. The van der Waals surface area contributed by atoms with E-state index in [2.05, 4.69) is 20.2 Å². The maximum Gasteiger partial charge on any atom is 0.416 e. The van der Waals surface area contributed by atoms with E-state index in [0.717, 1.165) is 19.2 Å². The van der Waals surface area contributed by atoms with Crippen molar-refractivity contribution < 1.29 is 18.1 Å². The van der Waals surface area contributed by atoms with Gasteiger partial charge in [0.1, 0.15) is 6.33 Å². The molecule has 1 fully saturated rings. The summed E-state index contributed by atoms with van der Waals surface area (Å²) in [6.07, 6.45) is -3.33. The molecule has 1 saturated heterocycles. The summed E-state index contributed by atoms with van der Waals surface area (Å²) in [7, 11) is 1.96. The third-order valence-corrected chi connectivity index (χ3v) is 4.56. The monoisotopic (exact) mass is 396 g/mol. The molecule has 0 unspecified atom stereocenters. The molecule has 1 aliphatic heterocycles. The standard InChI is InChI=1S/C17H19F3N6O2/c1-24-6-8-25(9-7-24)16-14(26(27)28)15(22-11-23-16)21-10-12-4-2-3-5-13(12)17(18,19)20/h2-5,11H,6-10H2,1H3,(H,21,22,23). The molecular formula is C17H19F3N6O2. The number of hydrogen-bond acceptors (Lipinski definition) is 7. The van der Waals surface area contributed by atoms with E-state index in [-0.39, 0.29) is 29.4 Å². The minimum atomic E-state index is -4.51. The van der Waals surface area contributed by atoms with Crippen LogP contribution in [0.25, 0.3) is 0 Å². The lowest BCUT2D eigenvalue weighted by Gasteiger charge is -2.32. The van der Waals surface area contributed by atoms with E-state index in [1.54, 1.807) is 4.90 Å². The molecule has 0 bridgehead atoms. The highest BCUT2D eigenvalue weighted by molar-refractivity contribution is 5.70. The molecular weight excluding hydrogens is 377 g/mol. The van der Waals surface area contributed by atoms with E-state index in [1.165, 1.54) is 24.5 Å². The zero-order valence-corrected chi connectivity index (χ0v) is 15.1. The molecule has 0 atom stereocenters. The summed E-state index contributed by atoms with van der Waals surface area (Å²) in [6.45, 7) is 2.32. The molecule has 1 aliphatic rings. The van der Waals surface area contributed by atoms with Crippen molar-refractivity contribution >= 4 is 17.3 Å². The normalized spacial score (nSPS) is 15.5. The van der Waals surface area contributed by atoms with Crippen LogP contribution in [0.2, 0.25) is 0 Å². The number of rotatable bonds is 5. The number of hydrogen-bond donors (Lipinski definition) is 1. The van der Waals surface area contributed by atoms with Gasteiger partial charge in [-0.15, -0.1) is 0 Å². The topological polar surface area (TPSA) is 87.4 Å². The van der Waals surface area contributed by atoms with Crippen molar-refractivity contribution in [1.29, 1.82) is 0 Å². The van der Waals surface area contributed by atoms with E-state index in [1.807, 2.05) is 7.05 Å². The molecule has 1 aromatic heterocycles. The first kappa shape index (κ1) is 19.8. The Bertz CT molecular complexity index is 853. The van der Waals surface area contributed by atoms with Gasteiger partial charge in [-0.1, -0.05) is 18.2 Å². The number of alkyl halides is 3. The third kappa shape index (κ3) is 4.30. The fraction of sp³-hybridized carbons (Fsp3) is 0.412. The smallest absolute Gasteiger partial charge is 0.360 e. The van der Waals surface area contributed by atoms with Gasteiger partial charge >= 0.3 is 11.9 Å². The lowest BCUT2D eigenvalue weighted by atomic mass is 10.1. The molecule has 28 heavy (non-hydrogen) atoms. The number of aromatic nitrogens is 2. The van der Waals surface area contributed by atoms with Crippen LogP contribution >= 0.6 is 0 Å². The molecule has 8 nitrogen and oxygen atoms in total. The second-order valence-electron chi connectivity index (χ2n) is 6.45. The Kier molecular flexibility index (Phi) is 5.63. The zero-order valence-electron chi connectivity index (χ0n) is 15.1. The molecule has 0 radical (unpaired) electrons. The average Bonchev–Trinajstić information content (AvgIpc) is 2.66. The number of anilines is 2. The Morgan fingerprint density at radius 2 is 1.86 bits per heavy atom. The van der Waals surface area contributed by atoms with Gasteiger partial charge in [0, 0.05) is 32.7 Å². The number of benzene rings is 1. The second-order valence-corrected chi connectivity index (χ2v) is 6.45. The lowest BCUT2D eigenvalue weighted by molar-refractivity contribution is -0.383. The van der Waals surface area contributed by atoms with Crippen molar-refractivity contribution in [2.45, 2.75) is 12.7 Å². The summed E-state index contributed by atoms with van der Waals surface area (Å²) in [6, 6.07) is 5.08. The van der Waals surface area contributed by atoms with Gasteiger partial charge < -0.3 is 15.1 Å². The molecule has 3 rings (SSSR count). The molecule has 0 aliphatic carbocycles. The SMILES string of the molecule is CN1CCN(c2ncnc(NCc3ccccc3C(F)(F)F)c2[N+](=O)[O-])CC1. The van der Waals surface area contributed by atoms with Gasteiger partial charge in [0.25, 0.3) is 0 Å². The van der Waals surface area contributed by atoms with Crippen LogP contribution in [-0.2, 0) is 12.7 Å². The summed E-state index contributed by atoms with van der Waals surface area (Å²) in [5, 5.41) is 14.3. The number of nitro groups is 1. The van der Waals surface area contributed by atoms with Crippen LogP contribution < -0.4 is 10.2 Å². The van der Waals surface area contributed by atoms with E-state index in [0.29, 0.717) is 13.1 Å². The number of nitrogens with one attached hydrogen (secondary N) is 1. The summed E-state index contributed by atoms with van der Waals surface area (Å²) < 4.78 is 39.4. The van der Waals surface area contributed by atoms with Crippen LogP contribution in [0, 0.1) is 10.1 Å². The van der Waals surface area contributed by atoms with Crippen LogP contribution in [0.5, 0.6) is 0 Å². The van der Waals surface area contributed by atoms with Gasteiger partial charge in [-0.05, 0) is 18.7 Å². The van der Waals surface area contributed by atoms with Crippen molar-refractivity contribution in [3.63, 3.8) is 0 Å². The van der Waals surface area contributed by atoms with Crippen LogP contribution in [-0.4, -0.2) is 53.0 Å². The summed E-state index contributed by atoms with van der Waals surface area (Å²) >= 11 is 0. The first-order valence-electron chi connectivity index (χ1n) is 8.59. The molecule has 0 saturated carbocycles. The van der Waals surface area contributed by atoms with Gasteiger partial charge in [0.05, 0.1) is 10.5 Å². The molecule has 1 N–H and O–H groups in total. The number of nitrogens with zero attached hydrogens (tertiary/aromatic N) is 5. The summed E-state index contributed by atoms with van der Waals surface area (Å²) in [5.74, 6) is 0.0608. The number of likely N-dealkylation sites (N-methyl/N-ethyl adjacent to an activating group) is 1. The number of piperazine rings is 1.